The van der Waals surface area contributed by atoms with Gasteiger partial charge >= 0.3 is 57.5 Å². The van der Waals surface area contributed by atoms with Crippen LogP contribution in [-0.2, 0) is 16.9 Å². The van der Waals surface area contributed by atoms with Gasteiger partial charge in [-0.2, -0.15) is 5.26 Å². The van der Waals surface area contributed by atoms with Gasteiger partial charge in [0.15, 0.2) is 5.82 Å². The summed E-state index contributed by atoms with van der Waals surface area (Å²) < 4.78 is 8.05. The smallest absolute Gasteiger partial charge is 0.850 e. The molecule has 212 valence electrons. The van der Waals surface area contributed by atoms with Gasteiger partial charge in [-0.3, -0.25) is 9.88 Å². The molecule has 1 spiro atoms. The summed E-state index contributed by atoms with van der Waals surface area (Å²) in [4.78, 5) is 27.6. The van der Waals surface area contributed by atoms with E-state index in [2.05, 4.69) is 39.1 Å². The van der Waals surface area contributed by atoms with E-state index in [1.54, 1.807) is 47.0 Å². The first kappa shape index (κ1) is 33.3. The molecule has 1 aromatic carbocycles. The number of rotatable bonds is 4. The normalized spacial score (nSPS) is 22.6. The molecule has 1 amide bonds. The van der Waals surface area contributed by atoms with Gasteiger partial charge in [-0.25, -0.2) is 14.8 Å². The fraction of sp³-hybridized carbons (Fsp3) is 0.500. The Morgan fingerprint density at radius 1 is 1.20 bits per heavy atom. The number of ether oxygens (including phenoxy) is 1. The second-order valence-electron chi connectivity index (χ2n) is 12.6. The third-order valence-electron chi connectivity index (χ3n) is 7.23. The molecule has 2 aliphatic rings. The van der Waals surface area contributed by atoms with Gasteiger partial charge < -0.3 is 19.5 Å². The molecule has 0 radical (unpaired) electrons. The topological polar surface area (TPSA) is 140 Å². The summed E-state index contributed by atoms with van der Waals surface area (Å²) in [7, 11) is 0. The maximum absolute atomic E-state index is 12.9. The number of imidazole rings is 1. The third-order valence-corrected chi connectivity index (χ3v) is 7.23. The first-order chi connectivity index (χ1) is 18.5. The molecule has 1 saturated carbocycles. The molecule has 1 saturated heterocycles. The summed E-state index contributed by atoms with van der Waals surface area (Å²) in [5, 5.41) is 29.6. The number of aromatic nitrogens is 4. The summed E-state index contributed by atoms with van der Waals surface area (Å²) in [5.74, 6) is 0.399. The van der Waals surface area contributed by atoms with Crippen molar-refractivity contribution in [2.24, 2.45) is 5.41 Å². The van der Waals surface area contributed by atoms with E-state index in [4.69, 9.17) is 4.74 Å². The van der Waals surface area contributed by atoms with Gasteiger partial charge in [0.1, 0.15) is 11.2 Å². The molecular weight excluding hydrogens is 547 g/mol. The largest absolute Gasteiger partial charge is 1.00 e. The van der Waals surface area contributed by atoms with E-state index < -0.39 is 22.9 Å². The molecule has 41 heavy (non-hydrogen) atoms. The Bertz CT molecular complexity index is 1460. The number of hydrogen-bond donors (Lipinski definition) is 1. The number of anilines is 1. The minimum absolute atomic E-state index is 0. The van der Waals surface area contributed by atoms with E-state index >= 15 is 0 Å². The maximum Gasteiger partial charge on any atom is 1.00 e. The van der Waals surface area contributed by atoms with Crippen molar-refractivity contribution >= 4 is 22.9 Å². The number of carbonyl (C=O) groups is 1. The molecule has 10 nitrogen and oxygen atoms in total. The van der Waals surface area contributed by atoms with E-state index in [1.807, 2.05) is 12.1 Å². The van der Waals surface area contributed by atoms with Gasteiger partial charge in [0.05, 0.1) is 53.6 Å². The predicted octanol–water partition coefficient (Wildman–Crippen LogP) is 1.22. The van der Waals surface area contributed by atoms with Crippen LogP contribution < -0.4 is 61.4 Å². The predicted molar refractivity (Wildman–Crippen MR) is 149 cm³/mol. The molecule has 1 aliphatic carbocycles. The Balaban J connectivity index is 0.000000711. The molecule has 0 bridgehead atoms. The summed E-state index contributed by atoms with van der Waals surface area (Å²) in [6.07, 6.45) is 6.35. The zero-order valence-electron chi connectivity index (χ0n) is 25.1. The second kappa shape index (κ2) is 12.2. The van der Waals surface area contributed by atoms with E-state index in [-0.39, 0.29) is 56.8 Å². The van der Waals surface area contributed by atoms with Gasteiger partial charge in [-0.15, -0.1) is 5.60 Å². The zero-order valence-corrected chi connectivity index (χ0v) is 28.2. The molecule has 1 N–H and O–H groups in total. The molecule has 3 aromatic rings. The monoisotopic (exact) mass is 584 g/mol. The van der Waals surface area contributed by atoms with E-state index in [1.165, 1.54) is 17.3 Å². The van der Waals surface area contributed by atoms with Crippen molar-refractivity contribution in [3.05, 3.63) is 60.3 Å². The van der Waals surface area contributed by atoms with Crippen molar-refractivity contribution in [1.82, 2.24) is 19.5 Å². The van der Waals surface area contributed by atoms with Crippen LogP contribution in [-0.4, -0.2) is 48.5 Å². The number of amides is 1. The number of hydrogen-bond acceptors (Lipinski definition) is 8. The first-order valence-electron chi connectivity index (χ1n) is 13.3. The van der Waals surface area contributed by atoms with E-state index in [0.717, 1.165) is 23.0 Å². The van der Waals surface area contributed by atoms with Gasteiger partial charge in [0, 0.05) is 12.0 Å². The minimum Gasteiger partial charge on any atom is -0.850 e. The molecule has 2 atom stereocenters. The summed E-state index contributed by atoms with van der Waals surface area (Å²) in [6.45, 7) is 15.6. The van der Waals surface area contributed by atoms with Crippen molar-refractivity contribution in [2.45, 2.75) is 84.2 Å². The Labute approximate surface area is 283 Å². The molecule has 2 fully saturated rings. The van der Waals surface area contributed by atoms with Crippen LogP contribution in [0.3, 0.4) is 0 Å². The minimum atomic E-state index is -1.12. The standard InChI is InChI=1S/C26H28N6O3.C4H9O.K/c1-17-7-8-26(15-32(23(33)35-26)22-12-28-21(11-29-22)24(2,3)34)13-25(17,4)14-31-16-30-19-6-5-18(10-27)9-20(19)31;1-4(2,3)5;/h5-6,9,11-12,16,34H,1,7-8,13-15H2,2-4H3;1-3H3;/q;-1;+1/t25-,26-;;/m0../s1. The van der Waals surface area contributed by atoms with Crippen molar-refractivity contribution in [2.75, 3.05) is 11.4 Å². The quantitative estimate of drug-likeness (QED) is 0.357. The zero-order chi connectivity index (χ0) is 29.5. The molecule has 11 heteroatoms. The number of allylic oxidation sites excluding steroid dienone is 1. The summed E-state index contributed by atoms with van der Waals surface area (Å²) in [5.41, 5.74) is 0.956. The van der Waals surface area contributed by atoms with Gasteiger partial charge in [-0.05, 0) is 51.3 Å². The van der Waals surface area contributed by atoms with Crippen LogP contribution in [0, 0.1) is 16.7 Å². The number of nitrogens with zero attached hydrogens (tertiary/aromatic N) is 6. The van der Waals surface area contributed by atoms with Crippen LogP contribution in [0.2, 0.25) is 0 Å². The van der Waals surface area contributed by atoms with Crippen molar-refractivity contribution in [1.29, 1.82) is 5.26 Å². The van der Waals surface area contributed by atoms with Crippen LogP contribution in [0.5, 0.6) is 0 Å². The second-order valence-corrected chi connectivity index (χ2v) is 12.6. The van der Waals surface area contributed by atoms with Gasteiger partial charge in [0.2, 0.25) is 0 Å². The van der Waals surface area contributed by atoms with Gasteiger partial charge in [-0.1, -0.05) is 39.8 Å². The van der Waals surface area contributed by atoms with Crippen LogP contribution in [0.1, 0.15) is 72.1 Å². The average molecular weight is 585 g/mol. The number of fused-ring (bicyclic) bond motifs is 1. The number of nitriles is 1. The number of carbonyl (C=O) groups excluding carboxylic acids is 1. The average Bonchev–Trinajstić information content (AvgIpc) is 3.40. The fourth-order valence-corrected chi connectivity index (χ4v) is 5.20. The number of benzene rings is 1. The van der Waals surface area contributed by atoms with E-state index in [0.29, 0.717) is 43.0 Å². The fourth-order valence-electron chi connectivity index (χ4n) is 5.20. The summed E-state index contributed by atoms with van der Waals surface area (Å²) >= 11 is 0. The molecule has 1 aliphatic heterocycles. The Kier molecular flexibility index (Phi) is 9.92. The molecular formula is C30H37KN6O4. The van der Waals surface area contributed by atoms with Crippen molar-refractivity contribution in [3.63, 3.8) is 0 Å². The van der Waals surface area contributed by atoms with Crippen LogP contribution >= 0.6 is 0 Å². The van der Waals surface area contributed by atoms with E-state index in [9.17, 15) is 20.3 Å². The van der Waals surface area contributed by atoms with Crippen LogP contribution in [0.4, 0.5) is 10.6 Å². The Morgan fingerprint density at radius 2 is 1.88 bits per heavy atom. The van der Waals surface area contributed by atoms with Crippen LogP contribution in [0.25, 0.3) is 11.0 Å². The SMILES string of the molecule is C=C1CC[C@@]2(CN(c3cnc(C(C)(C)O)cn3)C(=O)O2)C[C@@]1(C)Cn1cnc2ccc(C#N)cc21.CC(C)(C)[O-].[K+]. The maximum atomic E-state index is 12.9. The third kappa shape index (κ3) is 7.81. The Hall–Kier alpha value is -2.17. The number of aliphatic hydroxyl groups is 1. The molecule has 3 heterocycles. The van der Waals surface area contributed by atoms with Crippen molar-refractivity contribution < 1.29 is 71.1 Å². The van der Waals surface area contributed by atoms with Crippen molar-refractivity contribution in [3.8, 4) is 6.07 Å². The van der Waals surface area contributed by atoms with Gasteiger partial charge in [0.25, 0.3) is 0 Å². The molecule has 2 aromatic heterocycles. The summed E-state index contributed by atoms with van der Waals surface area (Å²) in [6, 6.07) is 7.65. The molecule has 5 rings (SSSR count). The van der Waals surface area contributed by atoms with Crippen LogP contribution in [0.15, 0.2) is 49.1 Å². The molecule has 0 unspecified atom stereocenters. The first-order valence-corrected chi connectivity index (χ1v) is 13.3. The Morgan fingerprint density at radius 3 is 2.46 bits per heavy atom.